The van der Waals surface area contributed by atoms with Crippen LogP contribution in [0.5, 0.6) is 0 Å². The number of benzene rings is 1. The van der Waals surface area contributed by atoms with Crippen LogP contribution in [-0.4, -0.2) is 15.6 Å². The standard InChI is InChI=1S/C11H8BrFN2O/c1-15-5-4-10(14-15)11(16)8-6-7(13)2-3-9(8)12/h2-6H,1H3. The Balaban J connectivity index is 2.45. The number of aryl methyl sites for hydroxylation is 1. The quantitative estimate of drug-likeness (QED) is 0.794. The molecule has 0 bridgehead atoms. The summed E-state index contributed by atoms with van der Waals surface area (Å²) in [7, 11) is 1.72. The normalized spacial score (nSPS) is 10.4. The molecule has 3 nitrogen and oxygen atoms in total. The summed E-state index contributed by atoms with van der Waals surface area (Å²) >= 11 is 3.21. The van der Waals surface area contributed by atoms with Crippen LogP contribution in [0.2, 0.25) is 0 Å². The van der Waals surface area contributed by atoms with Gasteiger partial charge in [0.15, 0.2) is 0 Å². The maximum Gasteiger partial charge on any atom is 0.214 e. The molecule has 0 spiro atoms. The highest BCUT2D eigenvalue weighted by atomic mass is 79.9. The molecular weight excluding hydrogens is 275 g/mol. The highest BCUT2D eigenvalue weighted by molar-refractivity contribution is 9.10. The molecule has 0 aliphatic carbocycles. The molecule has 0 saturated carbocycles. The van der Waals surface area contributed by atoms with Gasteiger partial charge in [-0.25, -0.2) is 4.39 Å². The smallest absolute Gasteiger partial charge is 0.214 e. The predicted octanol–water partition coefficient (Wildman–Crippen LogP) is 2.55. The summed E-state index contributed by atoms with van der Waals surface area (Å²) < 4.78 is 15.1. The van der Waals surface area contributed by atoms with Gasteiger partial charge < -0.3 is 0 Å². The van der Waals surface area contributed by atoms with Crippen molar-refractivity contribution in [1.29, 1.82) is 0 Å². The van der Waals surface area contributed by atoms with E-state index >= 15 is 0 Å². The van der Waals surface area contributed by atoms with Crippen LogP contribution in [0.4, 0.5) is 4.39 Å². The summed E-state index contributed by atoms with van der Waals surface area (Å²) in [6.45, 7) is 0. The first-order chi connectivity index (χ1) is 7.58. The van der Waals surface area contributed by atoms with Gasteiger partial charge in [0.2, 0.25) is 5.78 Å². The van der Waals surface area contributed by atoms with E-state index in [-0.39, 0.29) is 11.3 Å². The van der Waals surface area contributed by atoms with Gasteiger partial charge in [0.25, 0.3) is 0 Å². The Hall–Kier alpha value is -1.49. The molecule has 2 aromatic rings. The van der Waals surface area contributed by atoms with Gasteiger partial charge in [0.05, 0.1) is 0 Å². The third-order valence-electron chi connectivity index (χ3n) is 2.12. The van der Waals surface area contributed by atoms with Crippen LogP contribution in [0, 0.1) is 5.82 Å². The summed E-state index contributed by atoms with van der Waals surface area (Å²) in [6, 6.07) is 5.59. The number of aromatic nitrogens is 2. The second kappa shape index (κ2) is 4.17. The molecule has 0 saturated heterocycles. The number of hydrogen-bond acceptors (Lipinski definition) is 2. The minimum atomic E-state index is -0.442. The van der Waals surface area contributed by atoms with Crippen molar-refractivity contribution in [3.8, 4) is 0 Å². The van der Waals surface area contributed by atoms with Crippen LogP contribution >= 0.6 is 15.9 Å². The topological polar surface area (TPSA) is 34.9 Å². The van der Waals surface area contributed by atoms with Crippen LogP contribution in [0.25, 0.3) is 0 Å². The van der Waals surface area contributed by atoms with E-state index in [4.69, 9.17) is 0 Å². The van der Waals surface area contributed by atoms with Gasteiger partial charge in [-0.15, -0.1) is 0 Å². The molecule has 0 radical (unpaired) electrons. The maximum atomic E-state index is 13.0. The average molecular weight is 283 g/mol. The molecule has 1 aromatic heterocycles. The van der Waals surface area contributed by atoms with E-state index in [1.165, 1.54) is 22.9 Å². The van der Waals surface area contributed by atoms with Crippen LogP contribution in [0.3, 0.4) is 0 Å². The zero-order chi connectivity index (χ0) is 11.7. The van der Waals surface area contributed by atoms with Gasteiger partial charge in [-0.2, -0.15) is 5.10 Å². The van der Waals surface area contributed by atoms with Gasteiger partial charge in [-0.3, -0.25) is 9.48 Å². The van der Waals surface area contributed by atoms with Crippen molar-refractivity contribution < 1.29 is 9.18 Å². The van der Waals surface area contributed by atoms with Crippen LogP contribution in [0.15, 0.2) is 34.9 Å². The summed E-state index contributed by atoms with van der Waals surface area (Å²) in [6.07, 6.45) is 1.67. The monoisotopic (exact) mass is 282 g/mol. The van der Waals surface area contributed by atoms with E-state index < -0.39 is 5.82 Å². The number of rotatable bonds is 2. The first kappa shape index (κ1) is 11.0. The Labute approximate surface area is 100 Å². The lowest BCUT2D eigenvalue weighted by atomic mass is 10.1. The molecule has 0 fully saturated rings. The molecule has 1 aromatic carbocycles. The zero-order valence-corrected chi connectivity index (χ0v) is 10.0. The molecule has 0 aliphatic rings. The molecule has 0 atom stereocenters. The molecule has 5 heteroatoms. The lowest BCUT2D eigenvalue weighted by molar-refractivity contribution is 0.103. The minimum absolute atomic E-state index is 0.277. The molecular formula is C11H8BrFN2O. The average Bonchev–Trinajstić information content (AvgIpc) is 2.67. The summed E-state index contributed by atoms with van der Waals surface area (Å²) in [5, 5.41) is 3.98. The Morgan fingerprint density at radius 3 is 2.81 bits per heavy atom. The second-order valence-electron chi connectivity index (χ2n) is 3.33. The van der Waals surface area contributed by atoms with E-state index in [0.717, 1.165) is 0 Å². The van der Waals surface area contributed by atoms with Gasteiger partial charge in [-0.1, -0.05) is 15.9 Å². The fraction of sp³-hybridized carbons (Fsp3) is 0.0909. The third-order valence-corrected chi connectivity index (χ3v) is 2.81. The number of hydrogen-bond donors (Lipinski definition) is 0. The van der Waals surface area contributed by atoms with Crippen LogP contribution in [-0.2, 0) is 7.05 Å². The Morgan fingerprint density at radius 2 is 2.19 bits per heavy atom. The molecule has 0 aliphatic heterocycles. The number of carbonyl (C=O) groups is 1. The molecule has 16 heavy (non-hydrogen) atoms. The molecule has 0 amide bonds. The Bertz CT molecular complexity index is 551. The molecule has 82 valence electrons. The third kappa shape index (κ3) is 2.04. The lowest BCUT2D eigenvalue weighted by Gasteiger charge is -2.01. The van der Waals surface area contributed by atoms with E-state index in [1.807, 2.05) is 0 Å². The van der Waals surface area contributed by atoms with Crippen molar-refractivity contribution in [1.82, 2.24) is 9.78 Å². The van der Waals surface area contributed by atoms with Crippen molar-refractivity contribution in [2.24, 2.45) is 7.05 Å². The van der Waals surface area contributed by atoms with Gasteiger partial charge >= 0.3 is 0 Å². The van der Waals surface area contributed by atoms with Crippen LogP contribution < -0.4 is 0 Å². The zero-order valence-electron chi connectivity index (χ0n) is 8.45. The van der Waals surface area contributed by atoms with E-state index in [2.05, 4.69) is 21.0 Å². The summed E-state index contributed by atoms with van der Waals surface area (Å²) in [5.41, 5.74) is 0.576. The van der Waals surface area contributed by atoms with Crippen molar-refractivity contribution in [2.45, 2.75) is 0 Å². The molecule has 0 unspecified atom stereocenters. The summed E-state index contributed by atoms with van der Waals surface area (Å²) in [5.74, 6) is -0.741. The van der Waals surface area contributed by atoms with Gasteiger partial charge in [-0.05, 0) is 24.3 Å². The van der Waals surface area contributed by atoms with Gasteiger partial charge in [0.1, 0.15) is 11.5 Å². The van der Waals surface area contributed by atoms with Crippen molar-refractivity contribution in [2.75, 3.05) is 0 Å². The van der Waals surface area contributed by atoms with Crippen molar-refractivity contribution in [3.05, 3.63) is 52.0 Å². The number of ketones is 1. The number of carbonyl (C=O) groups excluding carboxylic acids is 1. The Morgan fingerprint density at radius 1 is 1.44 bits per heavy atom. The van der Waals surface area contributed by atoms with Crippen LogP contribution in [0.1, 0.15) is 16.1 Å². The molecule has 1 heterocycles. The fourth-order valence-electron chi connectivity index (χ4n) is 1.35. The Kier molecular flexibility index (Phi) is 2.87. The predicted molar refractivity (Wildman–Crippen MR) is 60.7 cm³/mol. The molecule has 2 rings (SSSR count). The second-order valence-corrected chi connectivity index (χ2v) is 4.18. The number of nitrogens with zero attached hydrogens (tertiary/aromatic N) is 2. The highest BCUT2D eigenvalue weighted by Crippen LogP contribution is 2.20. The first-order valence-corrected chi connectivity index (χ1v) is 5.36. The van der Waals surface area contributed by atoms with E-state index in [0.29, 0.717) is 10.2 Å². The lowest BCUT2D eigenvalue weighted by Crippen LogP contribution is -2.04. The minimum Gasteiger partial charge on any atom is -0.287 e. The summed E-state index contributed by atoms with van der Waals surface area (Å²) in [4.78, 5) is 12.0. The van der Waals surface area contributed by atoms with Crippen molar-refractivity contribution >= 4 is 21.7 Å². The molecule has 0 N–H and O–H groups in total. The fourth-order valence-corrected chi connectivity index (χ4v) is 1.77. The highest BCUT2D eigenvalue weighted by Gasteiger charge is 2.15. The SMILES string of the molecule is Cn1ccc(C(=O)c2cc(F)ccc2Br)n1. The van der Waals surface area contributed by atoms with Gasteiger partial charge in [0, 0.05) is 23.3 Å². The van der Waals surface area contributed by atoms with E-state index in [1.54, 1.807) is 19.3 Å². The number of halogens is 2. The van der Waals surface area contributed by atoms with Crippen molar-refractivity contribution in [3.63, 3.8) is 0 Å². The largest absolute Gasteiger partial charge is 0.287 e. The van der Waals surface area contributed by atoms with E-state index in [9.17, 15) is 9.18 Å². The maximum absolute atomic E-state index is 13.0. The first-order valence-electron chi connectivity index (χ1n) is 4.57.